The predicted octanol–water partition coefficient (Wildman–Crippen LogP) is 1.74. The van der Waals surface area contributed by atoms with Crippen LogP contribution in [-0.4, -0.2) is 22.8 Å². The third kappa shape index (κ3) is 2.40. The van der Waals surface area contributed by atoms with Crippen LogP contribution in [0.2, 0.25) is 0 Å². The molecule has 0 saturated heterocycles. The zero-order valence-corrected chi connectivity index (χ0v) is 10.4. The van der Waals surface area contributed by atoms with Crippen LogP contribution in [0, 0.1) is 17.3 Å². The molecule has 1 aliphatic rings. The van der Waals surface area contributed by atoms with Crippen molar-refractivity contribution in [2.75, 3.05) is 0 Å². The molecule has 0 aromatic heterocycles. The number of rotatable bonds is 4. The number of hydrogen-bond acceptors (Lipinski definition) is 3. The van der Waals surface area contributed by atoms with E-state index in [1.165, 1.54) is 19.9 Å². The van der Waals surface area contributed by atoms with Crippen molar-refractivity contribution in [2.45, 2.75) is 39.7 Å². The third-order valence-corrected chi connectivity index (χ3v) is 3.61. The molecule has 1 fully saturated rings. The van der Waals surface area contributed by atoms with E-state index in [9.17, 15) is 14.7 Å². The summed E-state index contributed by atoms with van der Waals surface area (Å²) in [6, 6.07) is 0. The molecule has 0 spiro atoms. The predicted molar refractivity (Wildman–Crippen MR) is 61.9 cm³/mol. The van der Waals surface area contributed by atoms with Crippen LogP contribution in [0.1, 0.15) is 34.1 Å². The molecule has 1 rings (SSSR count). The molecular formula is C13H20O3. The van der Waals surface area contributed by atoms with Crippen molar-refractivity contribution in [1.29, 1.82) is 0 Å². The number of aldehydes is 1. The van der Waals surface area contributed by atoms with Crippen LogP contribution in [0.25, 0.3) is 0 Å². The maximum absolute atomic E-state index is 10.9. The SMILES string of the molecule is CC(=O)/C=C/[C@@H]1[C@@H]([C@@](C)(O)C=O)CC1(C)C. The molecule has 0 amide bonds. The highest BCUT2D eigenvalue weighted by Crippen LogP contribution is 2.55. The fourth-order valence-electron chi connectivity index (χ4n) is 2.51. The zero-order valence-electron chi connectivity index (χ0n) is 10.4. The van der Waals surface area contributed by atoms with E-state index in [0.717, 1.165) is 6.42 Å². The monoisotopic (exact) mass is 224 g/mol. The Morgan fingerprint density at radius 2 is 2.06 bits per heavy atom. The van der Waals surface area contributed by atoms with Gasteiger partial charge in [-0.1, -0.05) is 19.9 Å². The van der Waals surface area contributed by atoms with Gasteiger partial charge in [0.2, 0.25) is 0 Å². The van der Waals surface area contributed by atoms with Gasteiger partial charge in [-0.25, -0.2) is 0 Å². The fraction of sp³-hybridized carbons (Fsp3) is 0.692. The van der Waals surface area contributed by atoms with Crippen molar-refractivity contribution in [1.82, 2.24) is 0 Å². The van der Waals surface area contributed by atoms with Gasteiger partial charge in [0.15, 0.2) is 12.1 Å². The Bertz CT molecular complexity index is 326. The Balaban J connectivity index is 2.84. The Kier molecular flexibility index (Phi) is 3.38. The van der Waals surface area contributed by atoms with Gasteiger partial charge in [-0.05, 0) is 37.7 Å². The van der Waals surface area contributed by atoms with Crippen molar-refractivity contribution >= 4 is 12.1 Å². The van der Waals surface area contributed by atoms with Crippen LogP contribution in [0.15, 0.2) is 12.2 Å². The topological polar surface area (TPSA) is 54.4 Å². The Labute approximate surface area is 96.5 Å². The van der Waals surface area contributed by atoms with Gasteiger partial charge in [-0.3, -0.25) is 4.79 Å². The smallest absolute Gasteiger partial charge is 0.152 e. The van der Waals surface area contributed by atoms with Crippen LogP contribution < -0.4 is 0 Å². The molecule has 0 radical (unpaired) electrons. The average Bonchev–Trinajstić information content (AvgIpc) is 2.14. The van der Waals surface area contributed by atoms with E-state index in [1.54, 1.807) is 0 Å². The van der Waals surface area contributed by atoms with Crippen LogP contribution >= 0.6 is 0 Å². The summed E-state index contributed by atoms with van der Waals surface area (Å²) in [5, 5.41) is 9.92. The highest BCUT2D eigenvalue weighted by molar-refractivity contribution is 5.87. The minimum atomic E-state index is -1.29. The molecule has 0 aromatic rings. The molecule has 0 aliphatic heterocycles. The molecule has 0 heterocycles. The summed E-state index contributed by atoms with van der Waals surface area (Å²) in [4.78, 5) is 21.7. The minimum Gasteiger partial charge on any atom is -0.382 e. The molecule has 1 aliphatic carbocycles. The van der Waals surface area contributed by atoms with E-state index < -0.39 is 5.60 Å². The van der Waals surface area contributed by atoms with Crippen LogP contribution in [0.5, 0.6) is 0 Å². The van der Waals surface area contributed by atoms with Gasteiger partial charge in [0.25, 0.3) is 0 Å². The van der Waals surface area contributed by atoms with E-state index in [-0.39, 0.29) is 23.0 Å². The maximum Gasteiger partial charge on any atom is 0.152 e. The molecule has 90 valence electrons. The van der Waals surface area contributed by atoms with Crippen molar-refractivity contribution < 1.29 is 14.7 Å². The standard InChI is InChI=1S/C13H20O3/c1-9(15)5-6-10-11(7-12(10,2)3)13(4,16)8-14/h5-6,8,10-11,16H,7H2,1-4H3/b6-5+/t10-,11+,13+/m1/s1. The first-order valence-electron chi connectivity index (χ1n) is 5.58. The number of aliphatic hydroxyl groups is 1. The van der Waals surface area contributed by atoms with E-state index in [4.69, 9.17) is 0 Å². The third-order valence-electron chi connectivity index (χ3n) is 3.61. The summed E-state index contributed by atoms with van der Waals surface area (Å²) < 4.78 is 0. The van der Waals surface area contributed by atoms with Gasteiger partial charge in [0.1, 0.15) is 5.60 Å². The van der Waals surface area contributed by atoms with E-state index >= 15 is 0 Å². The molecule has 0 unspecified atom stereocenters. The van der Waals surface area contributed by atoms with Gasteiger partial charge in [0.05, 0.1) is 0 Å². The second kappa shape index (κ2) is 4.13. The van der Waals surface area contributed by atoms with Gasteiger partial charge >= 0.3 is 0 Å². The van der Waals surface area contributed by atoms with Gasteiger partial charge in [0, 0.05) is 5.92 Å². The summed E-state index contributed by atoms with van der Waals surface area (Å²) in [7, 11) is 0. The normalized spacial score (nSPS) is 31.8. The van der Waals surface area contributed by atoms with E-state index in [0.29, 0.717) is 6.29 Å². The molecule has 3 atom stereocenters. The number of allylic oxidation sites excluding steroid dienone is 2. The molecule has 0 bridgehead atoms. The molecule has 1 saturated carbocycles. The van der Waals surface area contributed by atoms with Crippen LogP contribution in [0.4, 0.5) is 0 Å². The highest BCUT2D eigenvalue weighted by Gasteiger charge is 2.53. The molecule has 16 heavy (non-hydrogen) atoms. The first-order valence-corrected chi connectivity index (χ1v) is 5.58. The second-order valence-corrected chi connectivity index (χ2v) is 5.64. The van der Waals surface area contributed by atoms with Crippen molar-refractivity contribution in [2.24, 2.45) is 17.3 Å². The maximum atomic E-state index is 10.9. The summed E-state index contributed by atoms with van der Waals surface area (Å²) in [5.74, 6) is -0.0144. The lowest BCUT2D eigenvalue weighted by Gasteiger charge is -2.54. The van der Waals surface area contributed by atoms with Crippen LogP contribution in [-0.2, 0) is 9.59 Å². The summed E-state index contributed by atoms with van der Waals surface area (Å²) in [6.45, 7) is 7.20. The lowest BCUT2D eigenvalue weighted by molar-refractivity contribution is -0.146. The molecule has 0 aromatic carbocycles. The quantitative estimate of drug-likeness (QED) is 0.584. The average molecular weight is 224 g/mol. The Morgan fingerprint density at radius 3 is 2.44 bits per heavy atom. The minimum absolute atomic E-state index is 0.00723. The fourth-order valence-corrected chi connectivity index (χ4v) is 2.51. The van der Waals surface area contributed by atoms with Gasteiger partial charge in [-0.15, -0.1) is 0 Å². The molecule has 3 heteroatoms. The van der Waals surface area contributed by atoms with Gasteiger partial charge < -0.3 is 9.90 Å². The summed E-state index contributed by atoms with van der Waals surface area (Å²) in [5.41, 5.74) is -1.25. The van der Waals surface area contributed by atoms with Crippen LogP contribution in [0.3, 0.4) is 0 Å². The molecule has 1 N–H and O–H groups in total. The number of carbonyl (C=O) groups is 2. The van der Waals surface area contributed by atoms with Gasteiger partial charge in [-0.2, -0.15) is 0 Å². The first-order chi connectivity index (χ1) is 7.20. The zero-order chi connectivity index (χ0) is 12.6. The number of hydrogen-bond donors (Lipinski definition) is 1. The molecule has 3 nitrogen and oxygen atoms in total. The van der Waals surface area contributed by atoms with E-state index in [1.807, 2.05) is 6.08 Å². The lowest BCUT2D eigenvalue weighted by Crippen LogP contribution is -2.54. The lowest BCUT2D eigenvalue weighted by atomic mass is 9.51. The highest BCUT2D eigenvalue weighted by atomic mass is 16.3. The summed E-state index contributed by atoms with van der Waals surface area (Å²) >= 11 is 0. The number of carbonyl (C=O) groups excluding carboxylic acids is 2. The largest absolute Gasteiger partial charge is 0.382 e. The Hall–Kier alpha value is -0.960. The van der Waals surface area contributed by atoms with E-state index in [2.05, 4.69) is 13.8 Å². The Morgan fingerprint density at radius 1 is 1.50 bits per heavy atom. The number of ketones is 1. The first kappa shape index (κ1) is 13.1. The van der Waals surface area contributed by atoms with Crippen molar-refractivity contribution in [3.05, 3.63) is 12.2 Å². The second-order valence-electron chi connectivity index (χ2n) is 5.64. The summed E-state index contributed by atoms with van der Waals surface area (Å²) in [6.07, 6.45) is 4.75. The van der Waals surface area contributed by atoms with Crippen molar-refractivity contribution in [3.63, 3.8) is 0 Å². The molecular weight excluding hydrogens is 204 g/mol. The van der Waals surface area contributed by atoms with Crippen molar-refractivity contribution in [3.8, 4) is 0 Å².